The summed E-state index contributed by atoms with van der Waals surface area (Å²) in [4.78, 5) is 34.7. The third kappa shape index (κ3) is 7.54. The van der Waals surface area contributed by atoms with Gasteiger partial charge in [-0.2, -0.15) is 10.2 Å². The average Bonchev–Trinajstić information content (AvgIpc) is 2.64. The maximum atomic E-state index is 12.5. The van der Waals surface area contributed by atoms with Gasteiger partial charge in [-0.3, -0.25) is 5.01 Å². The van der Waals surface area contributed by atoms with Gasteiger partial charge in [-0.05, 0) is 70.3 Å². The average molecular weight is 497 g/mol. The molecule has 10 nitrogen and oxygen atoms in total. The molecule has 2 rings (SSSR count). The van der Waals surface area contributed by atoms with E-state index in [1.54, 1.807) is 30.7 Å². The van der Waals surface area contributed by atoms with Gasteiger partial charge in [0.2, 0.25) is 5.82 Å². The van der Waals surface area contributed by atoms with Crippen LogP contribution in [0.15, 0.2) is 10.7 Å². The van der Waals surface area contributed by atoms with Crippen LogP contribution in [0.2, 0.25) is 0 Å². The molecule has 0 aliphatic carbocycles. The van der Waals surface area contributed by atoms with Crippen LogP contribution >= 0.6 is 15.9 Å². The zero-order valence-electron chi connectivity index (χ0n) is 18.7. The lowest BCUT2D eigenvalue weighted by Crippen LogP contribution is -2.55. The summed E-state index contributed by atoms with van der Waals surface area (Å²) >= 11 is 3.39. The number of halogens is 1. The van der Waals surface area contributed by atoms with Crippen molar-refractivity contribution in [3.05, 3.63) is 16.5 Å². The zero-order chi connectivity index (χ0) is 23.4. The lowest BCUT2D eigenvalue weighted by Gasteiger charge is -2.39. The largest absolute Gasteiger partial charge is 0.444 e. The van der Waals surface area contributed by atoms with Crippen LogP contribution in [-0.2, 0) is 9.47 Å². The van der Waals surface area contributed by atoms with Crippen LogP contribution in [0.25, 0.3) is 0 Å². The smallest absolute Gasteiger partial charge is 0.426 e. The fraction of sp³-hybridized carbons (Fsp3) is 0.650. The third-order valence-corrected chi connectivity index (χ3v) is 4.71. The molecular formula is C20H29BrN6O4. The molecule has 0 unspecified atom stereocenters. The van der Waals surface area contributed by atoms with Crippen molar-refractivity contribution in [3.8, 4) is 6.07 Å². The maximum Gasteiger partial charge on any atom is 0.426 e. The van der Waals surface area contributed by atoms with Crippen LogP contribution in [0.5, 0.6) is 0 Å². The second-order valence-corrected chi connectivity index (χ2v) is 10.0. The van der Waals surface area contributed by atoms with E-state index in [4.69, 9.17) is 9.47 Å². The molecule has 1 saturated heterocycles. The van der Waals surface area contributed by atoms with Crippen molar-refractivity contribution >= 4 is 33.9 Å². The Morgan fingerprint density at radius 3 is 2.29 bits per heavy atom. The molecule has 0 spiro atoms. The molecular weight excluding hydrogens is 468 g/mol. The van der Waals surface area contributed by atoms with Crippen molar-refractivity contribution in [2.45, 2.75) is 71.6 Å². The number of hydrogen-bond donors (Lipinski definition) is 1. The van der Waals surface area contributed by atoms with E-state index in [-0.39, 0.29) is 18.0 Å². The number of aromatic nitrogens is 2. The fourth-order valence-corrected chi connectivity index (χ4v) is 3.31. The number of amides is 2. The number of likely N-dealkylation sites (tertiary alicyclic amines) is 1. The Balaban J connectivity index is 2.21. The molecule has 0 atom stereocenters. The Hall–Kier alpha value is -2.61. The van der Waals surface area contributed by atoms with Gasteiger partial charge < -0.3 is 14.4 Å². The topological polar surface area (TPSA) is 121 Å². The first-order valence-electron chi connectivity index (χ1n) is 9.98. The van der Waals surface area contributed by atoms with E-state index in [1.165, 1.54) is 6.20 Å². The van der Waals surface area contributed by atoms with Gasteiger partial charge in [-0.25, -0.2) is 20.0 Å². The lowest BCUT2D eigenvalue weighted by molar-refractivity contribution is 0.0196. The summed E-state index contributed by atoms with van der Waals surface area (Å²) in [7, 11) is 0. The molecule has 2 heterocycles. The number of piperidine rings is 1. The SMILES string of the molecule is CC(C)(C)OC(=O)NN(c1nc(C#N)ncc1Br)C1CCN(C(=O)OC(C)(C)C)CC1. The molecule has 0 radical (unpaired) electrons. The third-order valence-electron chi connectivity index (χ3n) is 4.15. The van der Waals surface area contributed by atoms with Gasteiger partial charge >= 0.3 is 12.2 Å². The fourth-order valence-electron chi connectivity index (χ4n) is 2.93. The Kier molecular flexibility index (Phi) is 7.70. The predicted molar refractivity (Wildman–Crippen MR) is 117 cm³/mol. The van der Waals surface area contributed by atoms with Crippen molar-refractivity contribution in [3.63, 3.8) is 0 Å². The van der Waals surface area contributed by atoms with Crippen molar-refractivity contribution in [1.29, 1.82) is 5.26 Å². The number of nitriles is 1. The number of ether oxygens (including phenoxy) is 2. The van der Waals surface area contributed by atoms with Gasteiger partial charge in [0.25, 0.3) is 0 Å². The first-order chi connectivity index (χ1) is 14.3. The molecule has 2 amide bonds. The summed E-state index contributed by atoms with van der Waals surface area (Å²) in [6, 6.07) is 1.71. The van der Waals surface area contributed by atoms with Crippen LogP contribution in [0.1, 0.15) is 60.2 Å². The number of rotatable bonds is 3. The number of carbonyl (C=O) groups excluding carboxylic acids is 2. The monoisotopic (exact) mass is 496 g/mol. The highest BCUT2D eigenvalue weighted by Gasteiger charge is 2.33. The number of hydrazine groups is 1. The minimum atomic E-state index is -0.684. The molecule has 1 N–H and O–H groups in total. The predicted octanol–water partition coefficient (Wildman–Crippen LogP) is 3.76. The van der Waals surface area contributed by atoms with Crippen molar-refractivity contribution in [1.82, 2.24) is 20.3 Å². The number of anilines is 1. The van der Waals surface area contributed by atoms with Gasteiger partial charge in [0.05, 0.1) is 10.5 Å². The molecule has 0 aromatic carbocycles. The van der Waals surface area contributed by atoms with E-state index in [0.717, 1.165) is 0 Å². The molecule has 11 heteroatoms. The molecule has 170 valence electrons. The lowest BCUT2D eigenvalue weighted by atomic mass is 10.0. The standard InChI is InChI=1S/C20H29BrN6O4/c1-19(2,3)30-17(28)25-27(16-14(21)12-23-15(11-22)24-16)13-7-9-26(10-8-13)18(29)31-20(4,5)6/h12-13H,7-10H2,1-6H3,(H,25,28). The van der Waals surface area contributed by atoms with Crippen LogP contribution in [0.3, 0.4) is 0 Å². The van der Waals surface area contributed by atoms with E-state index in [0.29, 0.717) is 36.2 Å². The molecule has 0 saturated carbocycles. The summed E-state index contributed by atoms with van der Waals surface area (Å²) in [6.45, 7) is 11.7. The highest BCUT2D eigenvalue weighted by atomic mass is 79.9. The van der Waals surface area contributed by atoms with Gasteiger partial charge in [-0.1, -0.05) is 0 Å². The number of hydrogen-bond acceptors (Lipinski definition) is 8. The first-order valence-corrected chi connectivity index (χ1v) is 10.8. The van der Waals surface area contributed by atoms with E-state index in [1.807, 2.05) is 26.8 Å². The van der Waals surface area contributed by atoms with Crippen molar-refractivity contribution < 1.29 is 19.1 Å². The highest BCUT2D eigenvalue weighted by molar-refractivity contribution is 9.10. The van der Waals surface area contributed by atoms with Gasteiger partial charge in [0.1, 0.15) is 17.3 Å². The molecule has 1 aliphatic heterocycles. The minimum absolute atomic E-state index is 0.0274. The number of nitrogens with one attached hydrogen (secondary N) is 1. The molecule has 1 fully saturated rings. The molecule has 1 aliphatic rings. The van der Waals surface area contributed by atoms with E-state index < -0.39 is 17.3 Å². The second-order valence-electron chi connectivity index (χ2n) is 9.16. The van der Waals surface area contributed by atoms with Crippen LogP contribution in [0, 0.1) is 11.3 Å². The van der Waals surface area contributed by atoms with Gasteiger partial charge in [0.15, 0.2) is 5.82 Å². The summed E-state index contributed by atoms with van der Waals surface area (Å²) in [6.07, 6.45) is 1.54. The normalized spacial score (nSPS) is 15.1. The van der Waals surface area contributed by atoms with Gasteiger partial charge in [0, 0.05) is 19.3 Å². The number of carbonyl (C=O) groups is 2. The van der Waals surface area contributed by atoms with Crippen LogP contribution in [-0.4, -0.2) is 57.4 Å². The molecule has 1 aromatic rings. The molecule has 1 aromatic heterocycles. The second kappa shape index (κ2) is 9.68. The Morgan fingerprint density at radius 1 is 1.19 bits per heavy atom. The van der Waals surface area contributed by atoms with E-state index in [2.05, 4.69) is 31.3 Å². The number of nitrogens with zero attached hydrogens (tertiary/aromatic N) is 5. The Morgan fingerprint density at radius 2 is 1.77 bits per heavy atom. The zero-order valence-corrected chi connectivity index (χ0v) is 20.3. The van der Waals surface area contributed by atoms with E-state index in [9.17, 15) is 14.9 Å². The van der Waals surface area contributed by atoms with E-state index >= 15 is 0 Å². The van der Waals surface area contributed by atoms with Crippen LogP contribution in [0.4, 0.5) is 15.4 Å². The van der Waals surface area contributed by atoms with Crippen molar-refractivity contribution in [2.75, 3.05) is 18.1 Å². The highest BCUT2D eigenvalue weighted by Crippen LogP contribution is 2.28. The Labute approximate surface area is 191 Å². The maximum absolute atomic E-state index is 12.5. The quantitative estimate of drug-likeness (QED) is 0.627. The van der Waals surface area contributed by atoms with Crippen LogP contribution < -0.4 is 10.4 Å². The van der Waals surface area contributed by atoms with Gasteiger partial charge in [-0.15, -0.1) is 0 Å². The molecule has 31 heavy (non-hydrogen) atoms. The Bertz CT molecular complexity index is 851. The first kappa shape index (κ1) is 24.7. The minimum Gasteiger partial charge on any atom is -0.444 e. The molecule has 0 bridgehead atoms. The summed E-state index contributed by atoms with van der Waals surface area (Å²) in [5.74, 6) is 0.313. The summed E-state index contributed by atoms with van der Waals surface area (Å²) in [5.41, 5.74) is 1.49. The van der Waals surface area contributed by atoms with Crippen molar-refractivity contribution in [2.24, 2.45) is 0 Å². The summed E-state index contributed by atoms with van der Waals surface area (Å²) in [5, 5.41) is 10.8. The summed E-state index contributed by atoms with van der Waals surface area (Å²) < 4.78 is 11.3.